The van der Waals surface area contributed by atoms with Crippen LogP contribution in [0.2, 0.25) is 0 Å². The van der Waals surface area contributed by atoms with E-state index in [4.69, 9.17) is 10.2 Å². The number of benzene rings is 2. The minimum absolute atomic E-state index is 0.750. The predicted molar refractivity (Wildman–Crippen MR) is 66.1 cm³/mol. The zero-order valence-corrected chi connectivity index (χ0v) is 9.87. The normalized spacial score (nSPS) is 10.0. The van der Waals surface area contributed by atoms with Gasteiger partial charge in [-0.1, -0.05) is 36.4 Å². The van der Waals surface area contributed by atoms with Gasteiger partial charge in [0, 0.05) is 0 Å². The van der Waals surface area contributed by atoms with Crippen LogP contribution in [0.3, 0.4) is 0 Å². The Morgan fingerprint density at radius 1 is 0.941 bits per heavy atom. The molecule has 84 valence electrons. The molecule has 0 bridgehead atoms. The summed E-state index contributed by atoms with van der Waals surface area (Å²) in [5, 5.41) is 11.1. The van der Waals surface area contributed by atoms with Crippen LogP contribution in [-0.4, -0.2) is 6.08 Å². The molecule has 2 aromatic carbocycles. The Labute approximate surface area is 99.1 Å². The first-order valence-corrected chi connectivity index (χ1v) is 5.44. The molecule has 17 heavy (non-hydrogen) atoms. The number of hydrogen-bond donors (Lipinski definition) is 1. The van der Waals surface area contributed by atoms with Gasteiger partial charge in [-0.3, -0.25) is 0 Å². The van der Waals surface area contributed by atoms with Gasteiger partial charge in [-0.15, -0.1) is 0 Å². The van der Waals surface area contributed by atoms with Gasteiger partial charge in [0.15, 0.2) is 0 Å². The third kappa shape index (κ3) is 1.69. The molecule has 0 unspecified atom stereocenters. The van der Waals surface area contributed by atoms with E-state index in [0.717, 1.165) is 6.08 Å². The van der Waals surface area contributed by atoms with Crippen LogP contribution in [0.25, 0.3) is 0 Å². The summed E-state index contributed by atoms with van der Waals surface area (Å²) in [6.45, 7) is 4.39. The smallest absolute Gasteiger partial charge is 0.222 e. The molecule has 2 heteroatoms. The molecule has 1 N–H and O–H groups in total. The van der Waals surface area contributed by atoms with Crippen molar-refractivity contribution in [3.63, 3.8) is 0 Å². The van der Waals surface area contributed by atoms with Crippen LogP contribution >= 0.6 is 0 Å². The van der Waals surface area contributed by atoms with Gasteiger partial charge < -0.3 is 0 Å². The van der Waals surface area contributed by atoms with Crippen molar-refractivity contribution in [1.29, 1.82) is 5.41 Å². The van der Waals surface area contributed by atoms with Crippen LogP contribution in [0.4, 0.5) is 0 Å². The second-order valence-electron chi connectivity index (χ2n) is 4.08. The van der Waals surface area contributed by atoms with E-state index in [0.29, 0.717) is 0 Å². The monoisotopic (exact) mass is 223 g/mol. The lowest BCUT2D eigenvalue weighted by Gasteiger charge is -2.09. The van der Waals surface area contributed by atoms with Crippen molar-refractivity contribution in [3.8, 4) is 0 Å². The highest BCUT2D eigenvalue weighted by Crippen LogP contribution is 2.18. The Morgan fingerprint density at radius 2 is 1.53 bits per heavy atom. The van der Waals surface area contributed by atoms with Crippen molar-refractivity contribution in [1.82, 2.24) is 0 Å². The number of nitrogens with one attached hydrogen (secondary N) is 1. The minimum atomic E-state index is 0.750. The maximum Gasteiger partial charge on any atom is 0.231 e. The first-order chi connectivity index (χ1) is 8.20. The average molecular weight is 223 g/mol. The van der Waals surface area contributed by atoms with Crippen molar-refractivity contribution in [3.05, 3.63) is 68.4 Å². The summed E-state index contributed by atoms with van der Waals surface area (Å²) < 4.78 is 0. The third-order valence-electron chi connectivity index (χ3n) is 3.22. The molecule has 0 fully saturated rings. The largest absolute Gasteiger partial charge is 0.231 e. The Balaban J connectivity index is 0.000000329. The summed E-state index contributed by atoms with van der Waals surface area (Å²) in [4.78, 5) is 8.35. The van der Waals surface area contributed by atoms with E-state index in [1.165, 1.54) is 32.0 Å². The van der Waals surface area contributed by atoms with E-state index in [1.807, 2.05) is 0 Å². The highest BCUT2D eigenvalue weighted by atomic mass is 16.1. The van der Waals surface area contributed by atoms with E-state index < -0.39 is 0 Å². The first-order valence-electron chi connectivity index (χ1n) is 5.44. The van der Waals surface area contributed by atoms with Crippen molar-refractivity contribution in [2.24, 2.45) is 0 Å². The molecular weight excluding hydrogens is 210 g/mol. The van der Waals surface area contributed by atoms with E-state index in [-0.39, 0.29) is 0 Å². The molecular formula is C15H13NO. The number of isocyanates is 1. The Morgan fingerprint density at radius 3 is 2.18 bits per heavy atom. The lowest BCUT2D eigenvalue weighted by molar-refractivity contribution is 0.563. The van der Waals surface area contributed by atoms with Crippen molar-refractivity contribution < 1.29 is 4.79 Å². The van der Waals surface area contributed by atoms with E-state index in [9.17, 15) is 0 Å². The maximum atomic E-state index is 8.35. The number of hydrogen-bond acceptors (Lipinski definition) is 2. The van der Waals surface area contributed by atoms with Crippen molar-refractivity contribution in [2.45, 2.75) is 13.8 Å². The second-order valence-corrected chi connectivity index (χ2v) is 4.08. The molecule has 0 saturated heterocycles. The summed E-state index contributed by atoms with van der Waals surface area (Å²) in [7, 11) is 0. The highest BCUT2D eigenvalue weighted by molar-refractivity contribution is 5.37. The quantitative estimate of drug-likeness (QED) is 0.461. The molecule has 1 aliphatic rings. The molecule has 0 radical (unpaired) electrons. The average Bonchev–Trinajstić information content (AvgIpc) is 2.30. The molecule has 0 saturated carbocycles. The van der Waals surface area contributed by atoms with E-state index >= 15 is 0 Å². The van der Waals surface area contributed by atoms with E-state index in [2.05, 4.69) is 50.2 Å². The molecule has 0 aliphatic heterocycles. The Hall–Kier alpha value is -2.18. The molecule has 0 spiro atoms. The standard InChI is InChI=1S/C14H12.CHNO/c1-9-7-8-13-11-5-3-4-6-12(11)14(13)10(9)2;2-1-3/h3-8H,1-2H3;2H. The first kappa shape index (κ1) is 11.3. The predicted octanol–water partition coefficient (Wildman–Crippen LogP) is 3.09. The maximum absolute atomic E-state index is 8.35. The summed E-state index contributed by atoms with van der Waals surface area (Å²) in [6.07, 6.45) is 0.750. The van der Waals surface area contributed by atoms with Gasteiger partial charge >= 0.3 is 0 Å². The van der Waals surface area contributed by atoms with Crippen molar-refractivity contribution >= 4 is 6.08 Å². The fourth-order valence-electron chi connectivity index (χ4n) is 2.26. The molecule has 1 aliphatic carbocycles. The zero-order chi connectivity index (χ0) is 12.4. The second kappa shape index (κ2) is 4.36. The summed E-state index contributed by atoms with van der Waals surface area (Å²) in [5.74, 6) is 0. The van der Waals surface area contributed by atoms with Crippen LogP contribution in [0.5, 0.6) is 0 Å². The lowest BCUT2D eigenvalue weighted by Crippen LogP contribution is -1.95. The number of aryl methyl sites for hydroxylation is 1. The SMILES string of the molecule is Cc1ccc2c(c1C)=c1ccccc1=2.N=C=O. The van der Waals surface area contributed by atoms with Gasteiger partial charge in [-0.05, 0) is 45.8 Å². The molecule has 3 rings (SSSR count). The molecule has 0 heterocycles. The molecule has 0 atom stereocenters. The van der Waals surface area contributed by atoms with E-state index in [1.54, 1.807) is 0 Å². The van der Waals surface area contributed by atoms with Crippen LogP contribution in [0, 0.1) is 40.1 Å². The van der Waals surface area contributed by atoms with Gasteiger partial charge in [0.25, 0.3) is 0 Å². The van der Waals surface area contributed by atoms with Crippen LogP contribution in [-0.2, 0) is 4.79 Å². The highest BCUT2D eigenvalue weighted by Gasteiger charge is 2.04. The third-order valence-corrected chi connectivity index (χ3v) is 3.22. The van der Waals surface area contributed by atoms with Gasteiger partial charge in [0.2, 0.25) is 6.08 Å². The van der Waals surface area contributed by atoms with Gasteiger partial charge in [-0.2, -0.15) is 0 Å². The number of carbonyl (C=O) groups excluding carboxylic acids is 1. The van der Waals surface area contributed by atoms with Crippen LogP contribution in [0.1, 0.15) is 11.1 Å². The summed E-state index contributed by atoms with van der Waals surface area (Å²) >= 11 is 0. The lowest BCUT2D eigenvalue weighted by atomic mass is 9.95. The van der Waals surface area contributed by atoms with Gasteiger partial charge in [0.1, 0.15) is 0 Å². The van der Waals surface area contributed by atoms with Crippen molar-refractivity contribution in [2.75, 3.05) is 0 Å². The fraction of sp³-hybridized carbons (Fsp3) is 0.133. The zero-order valence-electron chi connectivity index (χ0n) is 9.87. The fourth-order valence-corrected chi connectivity index (χ4v) is 2.26. The van der Waals surface area contributed by atoms with Gasteiger partial charge in [0.05, 0.1) is 0 Å². The topological polar surface area (TPSA) is 40.9 Å². The summed E-state index contributed by atoms with van der Waals surface area (Å²) in [5.41, 5.74) is 2.82. The molecule has 2 nitrogen and oxygen atoms in total. The van der Waals surface area contributed by atoms with Gasteiger partial charge in [-0.25, -0.2) is 10.2 Å². The Bertz CT molecular complexity index is 785. The molecule has 0 amide bonds. The Kier molecular flexibility index (Phi) is 2.90. The minimum Gasteiger partial charge on any atom is -0.222 e. The molecule has 0 aromatic heterocycles. The van der Waals surface area contributed by atoms with Crippen LogP contribution in [0.15, 0.2) is 36.4 Å². The molecule has 2 aromatic rings. The summed E-state index contributed by atoms with van der Waals surface area (Å²) in [6, 6.07) is 13.1. The number of fused-ring (bicyclic) bond motifs is 2. The number of rotatable bonds is 0. The van der Waals surface area contributed by atoms with Crippen LogP contribution < -0.4 is 0 Å².